The number of rotatable bonds is 5. The summed E-state index contributed by atoms with van der Waals surface area (Å²) in [5, 5.41) is 15.7. The average molecular weight is 209 g/mol. The zero-order valence-corrected chi connectivity index (χ0v) is 9.69. The molecule has 1 N–H and O–H groups in total. The first-order valence-corrected chi connectivity index (χ1v) is 5.60. The van der Waals surface area contributed by atoms with Crippen LogP contribution in [0.3, 0.4) is 0 Å². The van der Waals surface area contributed by atoms with Gasteiger partial charge in [0.1, 0.15) is 0 Å². The highest BCUT2D eigenvalue weighted by Gasteiger charge is 2.44. The van der Waals surface area contributed by atoms with Crippen LogP contribution in [-0.4, -0.2) is 32.8 Å². The summed E-state index contributed by atoms with van der Waals surface area (Å²) in [5.41, 5.74) is 0.454. The Hall–Kier alpha value is -0.970. The zero-order chi connectivity index (χ0) is 10.9. The standard InChI is InChI=1S/C10H19N5/c1-4-11-8(10(2)5-6-10)7-9-12-14-15(3)13-9/h8,11H,4-7H2,1-3H3. The summed E-state index contributed by atoms with van der Waals surface area (Å²) >= 11 is 0. The second kappa shape index (κ2) is 3.89. The molecule has 84 valence electrons. The number of aromatic nitrogens is 4. The largest absolute Gasteiger partial charge is 0.313 e. The molecule has 15 heavy (non-hydrogen) atoms. The van der Waals surface area contributed by atoms with Gasteiger partial charge in [-0.25, -0.2) is 0 Å². The maximum atomic E-state index is 4.23. The second-order valence-electron chi connectivity index (χ2n) is 4.66. The number of hydrogen-bond donors (Lipinski definition) is 1. The van der Waals surface area contributed by atoms with E-state index in [0.29, 0.717) is 11.5 Å². The topological polar surface area (TPSA) is 55.6 Å². The summed E-state index contributed by atoms with van der Waals surface area (Å²) in [6.07, 6.45) is 3.51. The first kappa shape index (κ1) is 10.5. The molecule has 0 bridgehead atoms. The second-order valence-corrected chi connectivity index (χ2v) is 4.66. The van der Waals surface area contributed by atoms with E-state index in [1.807, 2.05) is 0 Å². The summed E-state index contributed by atoms with van der Waals surface area (Å²) in [7, 11) is 1.80. The maximum Gasteiger partial charge on any atom is 0.176 e. The Labute approximate surface area is 90.2 Å². The smallest absolute Gasteiger partial charge is 0.176 e. The molecule has 1 aromatic heterocycles. The Morgan fingerprint density at radius 2 is 2.27 bits per heavy atom. The predicted molar refractivity (Wildman–Crippen MR) is 57.3 cm³/mol. The molecular weight excluding hydrogens is 190 g/mol. The first-order chi connectivity index (χ1) is 7.14. The van der Waals surface area contributed by atoms with Crippen molar-refractivity contribution < 1.29 is 0 Å². The minimum Gasteiger partial charge on any atom is -0.313 e. The molecule has 0 aromatic carbocycles. The Bertz CT molecular complexity index is 328. The van der Waals surface area contributed by atoms with Gasteiger partial charge in [0, 0.05) is 12.5 Å². The molecule has 1 unspecified atom stereocenters. The molecule has 5 heteroatoms. The fourth-order valence-corrected chi connectivity index (χ4v) is 1.94. The molecule has 0 amide bonds. The van der Waals surface area contributed by atoms with Crippen LogP contribution in [-0.2, 0) is 13.5 Å². The van der Waals surface area contributed by atoms with E-state index in [2.05, 4.69) is 34.6 Å². The SMILES string of the molecule is CCNC(Cc1nnn(C)n1)C1(C)CC1. The van der Waals surface area contributed by atoms with Gasteiger partial charge in [-0.2, -0.15) is 4.80 Å². The van der Waals surface area contributed by atoms with Gasteiger partial charge >= 0.3 is 0 Å². The van der Waals surface area contributed by atoms with Crippen molar-refractivity contribution in [1.82, 2.24) is 25.5 Å². The van der Waals surface area contributed by atoms with Gasteiger partial charge in [0.15, 0.2) is 5.82 Å². The summed E-state index contributed by atoms with van der Waals surface area (Å²) in [4.78, 5) is 1.52. The van der Waals surface area contributed by atoms with Crippen LogP contribution in [0.5, 0.6) is 0 Å². The van der Waals surface area contributed by atoms with Gasteiger partial charge < -0.3 is 5.32 Å². The van der Waals surface area contributed by atoms with Crippen molar-refractivity contribution in [3.8, 4) is 0 Å². The van der Waals surface area contributed by atoms with Crippen LogP contribution in [0.25, 0.3) is 0 Å². The molecule has 1 saturated carbocycles. The van der Waals surface area contributed by atoms with E-state index in [1.165, 1.54) is 17.6 Å². The lowest BCUT2D eigenvalue weighted by Crippen LogP contribution is -2.38. The fraction of sp³-hybridized carbons (Fsp3) is 0.900. The summed E-state index contributed by atoms with van der Waals surface area (Å²) < 4.78 is 0. The molecule has 0 saturated heterocycles. The van der Waals surface area contributed by atoms with Gasteiger partial charge in [0.05, 0.1) is 7.05 Å². The van der Waals surface area contributed by atoms with Crippen molar-refractivity contribution in [2.45, 2.75) is 39.2 Å². The lowest BCUT2D eigenvalue weighted by atomic mass is 9.95. The van der Waals surface area contributed by atoms with Crippen LogP contribution in [0.4, 0.5) is 0 Å². The monoisotopic (exact) mass is 209 g/mol. The molecule has 1 heterocycles. The van der Waals surface area contributed by atoms with Crippen LogP contribution >= 0.6 is 0 Å². The van der Waals surface area contributed by atoms with E-state index in [1.54, 1.807) is 7.05 Å². The van der Waals surface area contributed by atoms with E-state index in [-0.39, 0.29) is 0 Å². The summed E-state index contributed by atoms with van der Waals surface area (Å²) in [5.74, 6) is 0.844. The number of tetrazole rings is 1. The lowest BCUT2D eigenvalue weighted by Gasteiger charge is -2.22. The van der Waals surface area contributed by atoms with Crippen LogP contribution < -0.4 is 5.32 Å². The molecule has 1 atom stereocenters. The molecule has 1 aliphatic carbocycles. The van der Waals surface area contributed by atoms with E-state index >= 15 is 0 Å². The Kier molecular flexibility index (Phi) is 2.73. The van der Waals surface area contributed by atoms with Crippen LogP contribution in [0, 0.1) is 5.41 Å². The minimum absolute atomic E-state index is 0.454. The zero-order valence-electron chi connectivity index (χ0n) is 9.69. The molecule has 0 aliphatic heterocycles. The van der Waals surface area contributed by atoms with E-state index in [4.69, 9.17) is 0 Å². The maximum absolute atomic E-state index is 4.23. The quantitative estimate of drug-likeness (QED) is 0.768. The number of aryl methyl sites for hydroxylation is 1. The summed E-state index contributed by atoms with van der Waals surface area (Å²) in [6.45, 7) is 5.47. The predicted octanol–water partition coefficient (Wildman–Crippen LogP) is 0.531. The number of nitrogens with one attached hydrogen (secondary N) is 1. The van der Waals surface area contributed by atoms with Crippen LogP contribution in [0.1, 0.15) is 32.5 Å². The third kappa shape index (κ3) is 2.34. The van der Waals surface area contributed by atoms with Crippen LogP contribution in [0.15, 0.2) is 0 Å². The fourth-order valence-electron chi connectivity index (χ4n) is 1.94. The Balaban J connectivity index is 2.00. The van der Waals surface area contributed by atoms with Crippen molar-refractivity contribution in [3.05, 3.63) is 5.82 Å². The van der Waals surface area contributed by atoms with Gasteiger partial charge in [-0.1, -0.05) is 13.8 Å². The van der Waals surface area contributed by atoms with E-state index in [9.17, 15) is 0 Å². The van der Waals surface area contributed by atoms with Crippen molar-refractivity contribution >= 4 is 0 Å². The number of likely N-dealkylation sites (N-methyl/N-ethyl adjacent to an activating group) is 1. The molecule has 0 radical (unpaired) electrons. The summed E-state index contributed by atoms with van der Waals surface area (Å²) in [6, 6.07) is 0.492. The third-order valence-corrected chi connectivity index (χ3v) is 3.27. The van der Waals surface area contributed by atoms with E-state index in [0.717, 1.165) is 18.8 Å². The molecule has 5 nitrogen and oxygen atoms in total. The van der Waals surface area contributed by atoms with Crippen molar-refractivity contribution in [3.63, 3.8) is 0 Å². The minimum atomic E-state index is 0.454. The Morgan fingerprint density at radius 3 is 2.73 bits per heavy atom. The van der Waals surface area contributed by atoms with Crippen molar-refractivity contribution in [2.75, 3.05) is 6.54 Å². The first-order valence-electron chi connectivity index (χ1n) is 5.60. The molecule has 1 aliphatic rings. The van der Waals surface area contributed by atoms with Crippen molar-refractivity contribution in [1.29, 1.82) is 0 Å². The van der Waals surface area contributed by atoms with Crippen LogP contribution in [0.2, 0.25) is 0 Å². The number of hydrogen-bond acceptors (Lipinski definition) is 4. The highest BCUT2D eigenvalue weighted by Crippen LogP contribution is 2.48. The lowest BCUT2D eigenvalue weighted by molar-refractivity contribution is 0.355. The highest BCUT2D eigenvalue weighted by atomic mass is 15.6. The molecule has 2 rings (SSSR count). The van der Waals surface area contributed by atoms with Crippen molar-refractivity contribution in [2.24, 2.45) is 12.5 Å². The van der Waals surface area contributed by atoms with Gasteiger partial charge in [0.25, 0.3) is 0 Å². The number of nitrogens with zero attached hydrogens (tertiary/aromatic N) is 4. The molecule has 1 fully saturated rings. The van der Waals surface area contributed by atoms with Gasteiger partial charge in [-0.05, 0) is 30.0 Å². The molecular formula is C10H19N5. The molecule has 1 aromatic rings. The van der Waals surface area contributed by atoms with Gasteiger partial charge in [-0.15, -0.1) is 10.2 Å². The average Bonchev–Trinajstić information content (AvgIpc) is 2.81. The molecule has 0 spiro atoms. The van der Waals surface area contributed by atoms with Gasteiger partial charge in [0.2, 0.25) is 0 Å². The third-order valence-electron chi connectivity index (χ3n) is 3.27. The Morgan fingerprint density at radius 1 is 1.53 bits per heavy atom. The normalized spacial score (nSPS) is 20.2. The van der Waals surface area contributed by atoms with E-state index < -0.39 is 0 Å². The van der Waals surface area contributed by atoms with Gasteiger partial charge in [-0.3, -0.25) is 0 Å². The highest BCUT2D eigenvalue weighted by molar-refractivity contribution is 5.02.